The zero-order valence-corrected chi connectivity index (χ0v) is 12.2. The standard InChI is InChI=1S/C15H21N3O3/c1-21-14(19)6-7-17-8-10-18(11-9-17)15(20)12-4-2-3-5-13(12)16/h2-5H,6-11,16H2,1H3. The van der Waals surface area contributed by atoms with Crippen LogP contribution in [0.4, 0.5) is 5.69 Å². The van der Waals surface area contributed by atoms with Gasteiger partial charge in [-0.05, 0) is 12.1 Å². The highest BCUT2D eigenvalue weighted by molar-refractivity contribution is 5.99. The first-order valence-electron chi connectivity index (χ1n) is 7.04. The van der Waals surface area contributed by atoms with Crippen molar-refractivity contribution in [3.8, 4) is 0 Å². The number of carbonyl (C=O) groups excluding carboxylic acids is 2. The highest BCUT2D eigenvalue weighted by Gasteiger charge is 2.23. The van der Waals surface area contributed by atoms with Crippen LogP contribution in [-0.2, 0) is 9.53 Å². The lowest BCUT2D eigenvalue weighted by atomic mass is 10.1. The Hall–Kier alpha value is -2.08. The zero-order chi connectivity index (χ0) is 15.2. The third kappa shape index (κ3) is 3.95. The molecule has 0 unspecified atom stereocenters. The molecular formula is C15H21N3O3. The molecule has 2 rings (SSSR count). The Morgan fingerprint density at radius 1 is 1.19 bits per heavy atom. The Labute approximate surface area is 124 Å². The highest BCUT2D eigenvalue weighted by atomic mass is 16.5. The maximum atomic E-state index is 12.4. The van der Waals surface area contributed by atoms with Crippen LogP contribution in [0.15, 0.2) is 24.3 Å². The first-order chi connectivity index (χ1) is 10.1. The molecule has 1 amide bonds. The maximum Gasteiger partial charge on any atom is 0.306 e. The lowest BCUT2D eigenvalue weighted by Gasteiger charge is -2.34. The van der Waals surface area contributed by atoms with Crippen molar-refractivity contribution >= 4 is 17.6 Å². The smallest absolute Gasteiger partial charge is 0.306 e. The van der Waals surface area contributed by atoms with Crippen molar-refractivity contribution in [3.05, 3.63) is 29.8 Å². The molecule has 2 N–H and O–H groups in total. The summed E-state index contributed by atoms with van der Waals surface area (Å²) < 4.78 is 4.63. The molecule has 1 aromatic carbocycles. The third-order valence-electron chi connectivity index (χ3n) is 3.71. The van der Waals surface area contributed by atoms with E-state index in [1.54, 1.807) is 17.0 Å². The van der Waals surface area contributed by atoms with Crippen molar-refractivity contribution in [2.75, 3.05) is 45.6 Å². The van der Waals surface area contributed by atoms with E-state index in [0.717, 1.165) is 13.1 Å². The second-order valence-electron chi connectivity index (χ2n) is 5.05. The van der Waals surface area contributed by atoms with Crippen molar-refractivity contribution < 1.29 is 14.3 Å². The van der Waals surface area contributed by atoms with E-state index in [0.29, 0.717) is 37.3 Å². The predicted octanol–water partition coefficient (Wildman–Crippen LogP) is 0.590. The molecule has 0 radical (unpaired) electrons. The molecule has 1 aromatic rings. The number of hydrogen-bond acceptors (Lipinski definition) is 5. The second-order valence-corrected chi connectivity index (χ2v) is 5.05. The van der Waals surface area contributed by atoms with Crippen molar-refractivity contribution in [1.29, 1.82) is 0 Å². The van der Waals surface area contributed by atoms with Gasteiger partial charge in [0.25, 0.3) is 5.91 Å². The van der Waals surface area contributed by atoms with Gasteiger partial charge in [0.05, 0.1) is 19.1 Å². The summed E-state index contributed by atoms with van der Waals surface area (Å²) in [7, 11) is 1.39. The second kappa shape index (κ2) is 7.08. The number of piperazine rings is 1. The summed E-state index contributed by atoms with van der Waals surface area (Å²) in [6, 6.07) is 7.12. The lowest BCUT2D eigenvalue weighted by Crippen LogP contribution is -2.49. The molecule has 0 spiro atoms. The molecule has 6 nitrogen and oxygen atoms in total. The van der Waals surface area contributed by atoms with E-state index in [1.807, 2.05) is 12.1 Å². The van der Waals surface area contributed by atoms with Gasteiger partial charge < -0.3 is 15.4 Å². The summed E-state index contributed by atoms with van der Waals surface area (Å²) in [5.41, 5.74) is 6.91. The summed E-state index contributed by atoms with van der Waals surface area (Å²) in [5, 5.41) is 0. The van der Waals surface area contributed by atoms with Gasteiger partial charge in [0.1, 0.15) is 0 Å². The molecule has 114 valence electrons. The minimum absolute atomic E-state index is 0.0271. The number of hydrogen-bond donors (Lipinski definition) is 1. The van der Waals surface area contributed by atoms with Crippen LogP contribution >= 0.6 is 0 Å². The number of nitrogen functional groups attached to an aromatic ring is 1. The van der Waals surface area contributed by atoms with Gasteiger partial charge in [0.15, 0.2) is 0 Å². The SMILES string of the molecule is COC(=O)CCN1CCN(C(=O)c2ccccc2N)CC1. The highest BCUT2D eigenvalue weighted by Crippen LogP contribution is 2.15. The van der Waals surface area contributed by atoms with Gasteiger partial charge in [0.2, 0.25) is 0 Å². The third-order valence-corrected chi connectivity index (χ3v) is 3.71. The van der Waals surface area contributed by atoms with Gasteiger partial charge in [-0.2, -0.15) is 0 Å². The van der Waals surface area contributed by atoms with Crippen LogP contribution in [0.3, 0.4) is 0 Å². The minimum Gasteiger partial charge on any atom is -0.469 e. The van der Waals surface area contributed by atoms with E-state index in [2.05, 4.69) is 9.64 Å². The predicted molar refractivity (Wildman–Crippen MR) is 79.8 cm³/mol. The minimum atomic E-state index is -0.203. The van der Waals surface area contributed by atoms with Crippen LogP contribution in [0.5, 0.6) is 0 Å². The number of carbonyl (C=O) groups is 2. The fourth-order valence-electron chi connectivity index (χ4n) is 2.39. The summed E-state index contributed by atoms with van der Waals surface area (Å²) in [5.74, 6) is -0.230. The molecule has 1 aliphatic rings. The lowest BCUT2D eigenvalue weighted by molar-refractivity contribution is -0.141. The normalized spacial score (nSPS) is 15.8. The molecule has 0 bridgehead atoms. The Bertz CT molecular complexity index is 511. The largest absolute Gasteiger partial charge is 0.469 e. The van der Waals surface area contributed by atoms with E-state index in [4.69, 9.17) is 5.73 Å². The quantitative estimate of drug-likeness (QED) is 0.649. The van der Waals surface area contributed by atoms with Crippen LogP contribution in [0.1, 0.15) is 16.8 Å². The van der Waals surface area contributed by atoms with Gasteiger partial charge >= 0.3 is 5.97 Å². The fourth-order valence-corrected chi connectivity index (χ4v) is 2.39. The number of amides is 1. The molecule has 1 saturated heterocycles. The molecule has 21 heavy (non-hydrogen) atoms. The van der Waals surface area contributed by atoms with Gasteiger partial charge in [-0.15, -0.1) is 0 Å². The molecule has 6 heteroatoms. The van der Waals surface area contributed by atoms with Crippen LogP contribution in [0.25, 0.3) is 0 Å². The van der Waals surface area contributed by atoms with Crippen molar-refractivity contribution in [3.63, 3.8) is 0 Å². The molecule has 0 saturated carbocycles. The Balaban J connectivity index is 1.85. The number of benzene rings is 1. The number of methoxy groups -OCH3 is 1. The first-order valence-corrected chi connectivity index (χ1v) is 7.04. The molecule has 0 atom stereocenters. The molecular weight excluding hydrogens is 270 g/mol. The topological polar surface area (TPSA) is 75.9 Å². The molecule has 0 aromatic heterocycles. The monoisotopic (exact) mass is 291 g/mol. The van der Waals surface area contributed by atoms with Gasteiger partial charge in [-0.25, -0.2) is 0 Å². The Morgan fingerprint density at radius 2 is 1.86 bits per heavy atom. The Morgan fingerprint density at radius 3 is 2.48 bits per heavy atom. The average Bonchev–Trinajstić information content (AvgIpc) is 2.53. The van der Waals surface area contributed by atoms with Gasteiger partial charge in [-0.1, -0.05) is 12.1 Å². The van der Waals surface area contributed by atoms with E-state index in [1.165, 1.54) is 7.11 Å². The maximum absolute atomic E-state index is 12.4. The van der Waals surface area contributed by atoms with Crippen molar-refractivity contribution in [2.45, 2.75) is 6.42 Å². The van der Waals surface area contributed by atoms with Gasteiger partial charge in [0, 0.05) is 38.4 Å². The number of nitrogens with two attached hydrogens (primary N) is 1. The fraction of sp³-hybridized carbons (Fsp3) is 0.467. The Kier molecular flexibility index (Phi) is 5.16. The van der Waals surface area contributed by atoms with Gasteiger partial charge in [-0.3, -0.25) is 14.5 Å². The number of esters is 1. The van der Waals surface area contributed by atoms with E-state index >= 15 is 0 Å². The number of nitrogens with zero attached hydrogens (tertiary/aromatic N) is 2. The first kappa shape index (κ1) is 15.3. The summed E-state index contributed by atoms with van der Waals surface area (Å²) in [4.78, 5) is 27.5. The van der Waals surface area contributed by atoms with E-state index in [9.17, 15) is 9.59 Å². The summed E-state index contributed by atoms with van der Waals surface area (Å²) in [6.07, 6.45) is 0.385. The van der Waals surface area contributed by atoms with Crippen LogP contribution in [0, 0.1) is 0 Å². The van der Waals surface area contributed by atoms with Crippen LogP contribution in [0.2, 0.25) is 0 Å². The van der Waals surface area contributed by atoms with E-state index in [-0.39, 0.29) is 11.9 Å². The molecule has 1 fully saturated rings. The number of anilines is 1. The number of ether oxygens (including phenoxy) is 1. The summed E-state index contributed by atoms with van der Waals surface area (Å²) in [6.45, 7) is 3.48. The average molecular weight is 291 g/mol. The summed E-state index contributed by atoms with van der Waals surface area (Å²) >= 11 is 0. The molecule has 0 aliphatic carbocycles. The van der Waals surface area contributed by atoms with E-state index < -0.39 is 0 Å². The van der Waals surface area contributed by atoms with Crippen molar-refractivity contribution in [2.24, 2.45) is 0 Å². The molecule has 1 heterocycles. The number of para-hydroxylation sites is 1. The van der Waals surface area contributed by atoms with Crippen LogP contribution in [-0.4, -0.2) is 61.5 Å². The number of rotatable bonds is 4. The van der Waals surface area contributed by atoms with Crippen molar-refractivity contribution in [1.82, 2.24) is 9.80 Å². The zero-order valence-electron chi connectivity index (χ0n) is 12.2. The molecule has 1 aliphatic heterocycles. The van der Waals surface area contributed by atoms with Crippen LogP contribution < -0.4 is 5.73 Å².